The predicted molar refractivity (Wildman–Crippen MR) is 83.5 cm³/mol. The molecule has 0 radical (unpaired) electrons. The van der Waals surface area contributed by atoms with E-state index in [2.05, 4.69) is 31.9 Å². The molecule has 0 amide bonds. The maximum atomic E-state index is 13.6. The van der Waals surface area contributed by atoms with Gasteiger partial charge in [0.1, 0.15) is 0 Å². The first-order valence-corrected chi connectivity index (χ1v) is 7.55. The lowest BCUT2D eigenvalue weighted by Gasteiger charge is -2.14. The van der Waals surface area contributed by atoms with Gasteiger partial charge in [-0.25, -0.2) is 4.39 Å². The predicted octanol–water partition coefficient (Wildman–Crippen LogP) is 4.64. The summed E-state index contributed by atoms with van der Waals surface area (Å²) in [4.78, 5) is 0. The van der Waals surface area contributed by atoms with Crippen molar-refractivity contribution in [2.45, 2.75) is 12.5 Å². The summed E-state index contributed by atoms with van der Waals surface area (Å²) in [6.07, 6.45) is -0.369. The lowest BCUT2D eigenvalue weighted by Crippen LogP contribution is -2.03. The van der Waals surface area contributed by atoms with Crippen LogP contribution in [-0.4, -0.2) is 12.2 Å². The van der Waals surface area contributed by atoms with Gasteiger partial charge in [-0.3, -0.25) is 0 Å². The number of rotatable bonds is 4. The van der Waals surface area contributed by atoms with Crippen molar-refractivity contribution < 1.29 is 14.2 Å². The quantitative estimate of drug-likeness (QED) is 0.805. The first-order valence-electron chi connectivity index (χ1n) is 5.96. The number of hydrogen-bond acceptors (Lipinski definition) is 2. The zero-order chi connectivity index (χ0) is 14.7. The largest absolute Gasteiger partial charge is 0.494 e. The van der Waals surface area contributed by atoms with Crippen LogP contribution in [0.1, 0.15) is 17.2 Å². The van der Waals surface area contributed by atoms with Gasteiger partial charge in [-0.1, -0.05) is 44.0 Å². The zero-order valence-electron chi connectivity index (χ0n) is 10.7. The van der Waals surface area contributed by atoms with Gasteiger partial charge in [-0.15, -0.1) is 0 Å². The Morgan fingerprint density at radius 3 is 2.55 bits per heavy atom. The molecule has 106 valence electrons. The van der Waals surface area contributed by atoms with Gasteiger partial charge in [0.15, 0.2) is 11.6 Å². The van der Waals surface area contributed by atoms with Crippen LogP contribution in [0.3, 0.4) is 0 Å². The van der Waals surface area contributed by atoms with E-state index in [9.17, 15) is 9.50 Å². The fourth-order valence-corrected chi connectivity index (χ4v) is 3.25. The molecule has 1 N–H and O–H groups in total. The summed E-state index contributed by atoms with van der Waals surface area (Å²) in [5.41, 5.74) is 1.48. The minimum atomic E-state index is -0.703. The average Bonchev–Trinajstić information content (AvgIpc) is 2.38. The summed E-state index contributed by atoms with van der Waals surface area (Å²) in [6, 6.07) is 10.3. The van der Waals surface area contributed by atoms with Crippen LogP contribution in [0, 0.1) is 5.82 Å². The van der Waals surface area contributed by atoms with Crippen molar-refractivity contribution in [3.05, 3.63) is 62.3 Å². The molecule has 0 bridgehead atoms. The molecule has 20 heavy (non-hydrogen) atoms. The number of methoxy groups -OCH3 is 1. The van der Waals surface area contributed by atoms with Crippen molar-refractivity contribution in [1.82, 2.24) is 0 Å². The molecule has 0 spiro atoms. The Balaban J connectivity index is 2.18. The molecular formula is C15H13Br2FO2. The van der Waals surface area contributed by atoms with E-state index in [1.54, 1.807) is 12.1 Å². The molecule has 2 aromatic rings. The van der Waals surface area contributed by atoms with E-state index in [-0.39, 0.29) is 5.75 Å². The molecule has 0 saturated heterocycles. The molecular weight excluding hydrogens is 391 g/mol. The normalized spacial score (nSPS) is 12.2. The van der Waals surface area contributed by atoms with Crippen LogP contribution in [-0.2, 0) is 6.42 Å². The maximum absolute atomic E-state index is 13.6. The number of aliphatic hydroxyl groups excluding tert-OH is 1. The molecule has 0 fully saturated rings. The highest BCUT2D eigenvalue weighted by Crippen LogP contribution is 2.29. The number of hydrogen-bond donors (Lipinski definition) is 1. The van der Waals surface area contributed by atoms with Crippen molar-refractivity contribution in [2.75, 3.05) is 7.11 Å². The highest BCUT2D eigenvalue weighted by molar-refractivity contribution is 9.11. The zero-order valence-corrected chi connectivity index (χ0v) is 13.9. The first kappa shape index (κ1) is 15.5. The van der Waals surface area contributed by atoms with Crippen LogP contribution in [0.25, 0.3) is 0 Å². The molecule has 1 atom stereocenters. The van der Waals surface area contributed by atoms with Gasteiger partial charge < -0.3 is 9.84 Å². The molecule has 0 saturated carbocycles. The van der Waals surface area contributed by atoms with E-state index < -0.39 is 11.9 Å². The summed E-state index contributed by atoms with van der Waals surface area (Å²) in [5, 5.41) is 10.3. The maximum Gasteiger partial charge on any atom is 0.165 e. The number of ether oxygens (including phenoxy) is 1. The molecule has 5 heteroatoms. The van der Waals surface area contributed by atoms with E-state index in [0.29, 0.717) is 12.0 Å². The third-order valence-electron chi connectivity index (χ3n) is 2.97. The minimum Gasteiger partial charge on any atom is -0.494 e. The van der Waals surface area contributed by atoms with Crippen LogP contribution >= 0.6 is 31.9 Å². The van der Waals surface area contributed by atoms with Crippen molar-refractivity contribution in [1.29, 1.82) is 0 Å². The van der Waals surface area contributed by atoms with Gasteiger partial charge in [0.2, 0.25) is 0 Å². The van der Waals surface area contributed by atoms with Gasteiger partial charge in [0.25, 0.3) is 0 Å². The Morgan fingerprint density at radius 2 is 1.95 bits per heavy atom. The number of aliphatic hydroxyl groups is 1. The smallest absolute Gasteiger partial charge is 0.165 e. The number of benzene rings is 2. The summed E-state index contributed by atoms with van der Waals surface area (Å²) >= 11 is 6.78. The van der Waals surface area contributed by atoms with Crippen molar-refractivity contribution >= 4 is 31.9 Å². The second-order valence-electron chi connectivity index (χ2n) is 4.35. The second kappa shape index (κ2) is 6.70. The molecule has 0 aliphatic rings. The van der Waals surface area contributed by atoms with Crippen LogP contribution in [0.2, 0.25) is 0 Å². The third kappa shape index (κ3) is 3.59. The van der Waals surface area contributed by atoms with Crippen LogP contribution in [0.4, 0.5) is 4.39 Å². The molecule has 2 rings (SSSR count). The SMILES string of the molecule is COc1ccc(CC(O)c2ccc(Br)cc2Br)cc1F. The van der Waals surface area contributed by atoms with Crippen molar-refractivity contribution in [3.8, 4) is 5.75 Å². The van der Waals surface area contributed by atoms with E-state index in [4.69, 9.17) is 4.74 Å². The Labute approximate surface area is 133 Å². The third-order valence-corrected chi connectivity index (χ3v) is 4.15. The first-order chi connectivity index (χ1) is 9.51. The van der Waals surface area contributed by atoms with Gasteiger partial charge >= 0.3 is 0 Å². The average molecular weight is 404 g/mol. The molecule has 0 aliphatic heterocycles. The molecule has 0 aliphatic carbocycles. The van der Waals surface area contributed by atoms with Crippen molar-refractivity contribution in [3.63, 3.8) is 0 Å². The minimum absolute atomic E-state index is 0.202. The number of halogens is 3. The second-order valence-corrected chi connectivity index (χ2v) is 6.12. The van der Waals surface area contributed by atoms with Gasteiger partial charge in [-0.05, 0) is 35.4 Å². The van der Waals surface area contributed by atoms with Crippen molar-refractivity contribution in [2.24, 2.45) is 0 Å². The lowest BCUT2D eigenvalue weighted by atomic mass is 10.0. The Bertz CT molecular complexity index is 617. The Morgan fingerprint density at radius 1 is 1.20 bits per heavy atom. The summed E-state index contributed by atoms with van der Waals surface area (Å²) in [6.45, 7) is 0. The van der Waals surface area contributed by atoms with E-state index in [0.717, 1.165) is 14.5 Å². The standard InChI is InChI=1S/C15H13Br2FO2/c1-20-15-5-2-9(6-13(15)18)7-14(19)11-4-3-10(16)8-12(11)17/h2-6,8,14,19H,7H2,1H3. The molecule has 0 aromatic heterocycles. The topological polar surface area (TPSA) is 29.5 Å². The summed E-state index contributed by atoms with van der Waals surface area (Å²) < 4.78 is 20.2. The fraction of sp³-hybridized carbons (Fsp3) is 0.200. The molecule has 1 unspecified atom stereocenters. The van der Waals surface area contributed by atoms with E-state index in [1.165, 1.54) is 13.2 Å². The summed E-state index contributed by atoms with van der Waals surface area (Å²) in [5.74, 6) is -0.222. The monoisotopic (exact) mass is 402 g/mol. The fourth-order valence-electron chi connectivity index (χ4n) is 1.94. The van der Waals surface area contributed by atoms with E-state index >= 15 is 0 Å². The van der Waals surface area contributed by atoms with E-state index in [1.807, 2.05) is 18.2 Å². The summed E-state index contributed by atoms with van der Waals surface area (Å²) in [7, 11) is 1.42. The van der Waals surface area contributed by atoms with Crippen LogP contribution < -0.4 is 4.74 Å². The Hall–Kier alpha value is -0.910. The van der Waals surface area contributed by atoms with Gasteiger partial charge in [0, 0.05) is 15.4 Å². The highest BCUT2D eigenvalue weighted by atomic mass is 79.9. The van der Waals surface area contributed by atoms with Crippen LogP contribution in [0.15, 0.2) is 45.3 Å². The van der Waals surface area contributed by atoms with Gasteiger partial charge in [-0.2, -0.15) is 0 Å². The van der Waals surface area contributed by atoms with Gasteiger partial charge in [0.05, 0.1) is 13.2 Å². The molecule has 0 heterocycles. The Kier molecular flexibility index (Phi) is 5.18. The lowest BCUT2D eigenvalue weighted by molar-refractivity contribution is 0.177. The van der Waals surface area contributed by atoms with Crippen LogP contribution in [0.5, 0.6) is 5.75 Å². The molecule has 2 nitrogen and oxygen atoms in total. The highest BCUT2D eigenvalue weighted by Gasteiger charge is 2.13. The molecule has 2 aromatic carbocycles.